The molecule has 76 valence electrons. The van der Waals surface area contributed by atoms with Gasteiger partial charge in [0.1, 0.15) is 0 Å². The minimum atomic E-state index is -0.472. The monoisotopic (exact) mass is 264 g/mol. The van der Waals surface area contributed by atoms with Crippen molar-refractivity contribution in [3.05, 3.63) is 65.8 Å². The quantitative estimate of drug-likeness (QED) is 0.770. The number of hydrogen-bond donors (Lipinski definition) is 1. The Hall–Kier alpha value is -1.08. The van der Waals surface area contributed by atoms with Gasteiger partial charge in [-0.25, -0.2) is 0 Å². The van der Waals surface area contributed by atoms with Crippen molar-refractivity contribution in [1.82, 2.24) is 0 Å². The third-order valence-electron chi connectivity index (χ3n) is 2.17. The molecule has 0 aliphatic heterocycles. The Bertz CT molecular complexity index is 390. The molecule has 1 aromatic rings. The molecule has 1 N–H and O–H groups in total. The molecule has 0 fully saturated rings. The summed E-state index contributed by atoms with van der Waals surface area (Å²) in [6, 6.07) is 10.00. The van der Waals surface area contributed by atoms with E-state index in [1.54, 1.807) is 6.08 Å². The standard InChI is InChI=1S/C13H12O.Se/c14-13-9-5-4-8-12(13)10-11-6-2-1-3-7-11;/h1-10,13-14H;. The van der Waals surface area contributed by atoms with Gasteiger partial charge in [-0.1, -0.05) is 54.6 Å². The second kappa shape index (κ2) is 5.72. The van der Waals surface area contributed by atoms with Gasteiger partial charge in [0.15, 0.2) is 0 Å². The maximum atomic E-state index is 9.62. The second-order valence-corrected chi connectivity index (χ2v) is 3.24. The smallest absolute Gasteiger partial charge is 0.0975 e. The van der Waals surface area contributed by atoms with E-state index < -0.39 is 6.10 Å². The molecule has 0 heterocycles. The van der Waals surface area contributed by atoms with Crippen LogP contribution in [0.3, 0.4) is 0 Å². The fourth-order valence-corrected chi connectivity index (χ4v) is 1.42. The van der Waals surface area contributed by atoms with Crippen LogP contribution in [0.25, 0.3) is 6.08 Å². The first-order valence-corrected chi connectivity index (χ1v) is 4.66. The number of rotatable bonds is 1. The fraction of sp³-hybridized carbons (Fsp3) is 0.0769. The van der Waals surface area contributed by atoms with Crippen molar-refractivity contribution in [2.24, 2.45) is 0 Å². The van der Waals surface area contributed by atoms with Crippen molar-refractivity contribution in [3.8, 4) is 0 Å². The van der Waals surface area contributed by atoms with Crippen molar-refractivity contribution < 1.29 is 5.11 Å². The average molecular weight is 263 g/mol. The maximum absolute atomic E-state index is 9.62. The molecule has 2 rings (SSSR count). The zero-order valence-corrected chi connectivity index (χ0v) is 9.92. The minimum absolute atomic E-state index is 0. The third-order valence-corrected chi connectivity index (χ3v) is 2.17. The van der Waals surface area contributed by atoms with Crippen LogP contribution >= 0.6 is 0 Å². The predicted molar refractivity (Wildman–Crippen MR) is 64.5 cm³/mol. The van der Waals surface area contributed by atoms with Crippen molar-refractivity contribution in [3.63, 3.8) is 0 Å². The number of hydrogen-bond acceptors (Lipinski definition) is 1. The first kappa shape index (κ1) is 12.0. The van der Waals surface area contributed by atoms with Gasteiger partial charge in [-0.05, 0) is 17.2 Å². The average Bonchev–Trinajstić information content (AvgIpc) is 2.23. The molecule has 0 amide bonds. The van der Waals surface area contributed by atoms with Gasteiger partial charge < -0.3 is 5.11 Å². The Morgan fingerprint density at radius 3 is 2.47 bits per heavy atom. The Morgan fingerprint density at radius 2 is 1.80 bits per heavy atom. The van der Waals surface area contributed by atoms with Crippen LogP contribution in [0.15, 0.2) is 60.2 Å². The van der Waals surface area contributed by atoms with Crippen molar-refractivity contribution in [1.29, 1.82) is 0 Å². The zero-order chi connectivity index (χ0) is 9.80. The normalized spacial score (nSPS) is 21.4. The molecule has 0 aromatic heterocycles. The van der Waals surface area contributed by atoms with Crippen LogP contribution in [0.2, 0.25) is 0 Å². The van der Waals surface area contributed by atoms with Crippen LogP contribution in [-0.2, 0) is 0 Å². The molecule has 1 nitrogen and oxygen atoms in total. The van der Waals surface area contributed by atoms with Crippen LogP contribution in [0.5, 0.6) is 0 Å². The molecule has 1 aliphatic rings. The van der Waals surface area contributed by atoms with Crippen LogP contribution in [0.4, 0.5) is 0 Å². The number of aliphatic hydroxyl groups is 1. The molecular formula is C13H12OSe. The molecule has 1 aliphatic carbocycles. The van der Waals surface area contributed by atoms with Crippen LogP contribution in [-0.4, -0.2) is 28.3 Å². The molecule has 0 bridgehead atoms. The molecule has 1 aromatic carbocycles. The van der Waals surface area contributed by atoms with E-state index in [0.717, 1.165) is 11.1 Å². The third kappa shape index (κ3) is 3.21. The molecule has 2 radical (unpaired) electrons. The molecular weight excluding hydrogens is 251 g/mol. The van der Waals surface area contributed by atoms with Gasteiger partial charge in [0, 0.05) is 17.1 Å². The Labute approximate surface area is 100 Å². The van der Waals surface area contributed by atoms with Crippen LogP contribution in [0.1, 0.15) is 5.56 Å². The summed E-state index contributed by atoms with van der Waals surface area (Å²) in [7, 11) is 0. The van der Waals surface area contributed by atoms with Gasteiger partial charge >= 0.3 is 0 Å². The summed E-state index contributed by atoms with van der Waals surface area (Å²) in [5, 5.41) is 9.62. The molecule has 15 heavy (non-hydrogen) atoms. The number of aliphatic hydroxyl groups excluding tert-OH is 1. The van der Waals surface area contributed by atoms with Crippen molar-refractivity contribution in [2.75, 3.05) is 0 Å². The van der Waals surface area contributed by atoms with Gasteiger partial charge in [0.2, 0.25) is 0 Å². The molecule has 0 spiro atoms. The molecule has 1 unspecified atom stereocenters. The molecule has 2 heteroatoms. The first-order valence-electron chi connectivity index (χ1n) is 4.66. The van der Waals surface area contributed by atoms with Gasteiger partial charge in [0.25, 0.3) is 0 Å². The van der Waals surface area contributed by atoms with Crippen LogP contribution < -0.4 is 0 Å². The topological polar surface area (TPSA) is 20.2 Å². The Kier molecular flexibility index (Phi) is 4.57. The number of benzene rings is 1. The summed E-state index contributed by atoms with van der Waals surface area (Å²) in [5.41, 5.74) is 2.04. The summed E-state index contributed by atoms with van der Waals surface area (Å²) in [6.07, 6.45) is 9.01. The minimum Gasteiger partial charge on any atom is -0.384 e. The summed E-state index contributed by atoms with van der Waals surface area (Å²) >= 11 is 0. The van der Waals surface area contributed by atoms with Gasteiger partial charge in [0.05, 0.1) is 6.10 Å². The van der Waals surface area contributed by atoms with E-state index in [1.807, 2.05) is 54.6 Å². The second-order valence-electron chi connectivity index (χ2n) is 3.24. The van der Waals surface area contributed by atoms with E-state index in [9.17, 15) is 5.11 Å². The van der Waals surface area contributed by atoms with Crippen molar-refractivity contribution in [2.45, 2.75) is 6.10 Å². The van der Waals surface area contributed by atoms with Crippen LogP contribution in [0, 0.1) is 0 Å². The molecule has 0 saturated carbocycles. The van der Waals surface area contributed by atoms with Crippen molar-refractivity contribution >= 4 is 23.1 Å². The van der Waals surface area contributed by atoms with E-state index in [-0.39, 0.29) is 17.1 Å². The molecule has 0 saturated heterocycles. The summed E-state index contributed by atoms with van der Waals surface area (Å²) < 4.78 is 0. The Morgan fingerprint density at radius 1 is 1.07 bits per heavy atom. The SMILES string of the molecule is OC1C=CC=CC1=Cc1ccccc1.[Se]. The summed E-state index contributed by atoms with van der Waals surface area (Å²) in [6.45, 7) is 0. The predicted octanol–water partition coefficient (Wildman–Crippen LogP) is 2.18. The largest absolute Gasteiger partial charge is 0.384 e. The van der Waals surface area contributed by atoms with E-state index in [0.29, 0.717) is 0 Å². The molecule has 1 atom stereocenters. The van der Waals surface area contributed by atoms with Gasteiger partial charge in [-0.3, -0.25) is 0 Å². The zero-order valence-electron chi connectivity index (χ0n) is 8.21. The Balaban J connectivity index is 0.00000112. The first-order chi connectivity index (χ1) is 6.86. The fourth-order valence-electron chi connectivity index (χ4n) is 1.42. The van der Waals surface area contributed by atoms with E-state index in [1.165, 1.54) is 0 Å². The maximum Gasteiger partial charge on any atom is 0.0975 e. The van der Waals surface area contributed by atoms with Gasteiger partial charge in [-0.2, -0.15) is 0 Å². The summed E-state index contributed by atoms with van der Waals surface area (Å²) in [5.74, 6) is 0. The summed E-state index contributed by atoms with van der Waals surface area (Å²) in [4.78, 5) is 0. The number of allylic oxidation sites excluding steroid dienone is 2. The van der Waals surface area contributed by atoms with E-state index in [4.69, 9.17) is 0 Å². The van der Waals surface area contributed by atoms with Gasteiger partial charge in [-0.15, -0.1) is 0 Å². The van der Waals surface area contributed by atoms with E-state index >= 15 is 0 Å². The van der Waals surface area contributed by atoms with E-state index in [2.05, 4.69) is 0 Å².